The molecule has 1 aliphatic carbocycles. The van der Waals surface area contributed by atoms with Crippen LogP contribution in [0.5, 0.6) is 0 Å². The number of carbonyl (C=O) groups excluding carboxylic acids is 1. The molecule has 8 nitrogen and oxygen atoms in total. The lowest BCUT2D eigenvalue weighted by molar-refractivity contribution is -0.141. The lowest BCUT2D eigenvalue weighted by atomic mass is 10.00. The summed E-state index contributed by atoms with van der Waals surface area (Å²) in [5, 5.41) is 11.6. The van der Waals surface area contributed by atoms with Gasteiger partial charge in [0.05, 0.1) is 12.4 Å². The van der Waals surface area contributed by atoms with Crippen molar-refractivity contribution in [3.8, 4) is 0 Å². The minimum Gasteiger partial charge on any atom is -0.468 e. The van der Waals surface area contributed by atoms with Crippen molar-refractivity contribution in [3.63, 3.8) is 0 Å². The van der Waals surface area contributed by atoms with Crippen molar-refractivity contribution in [2.24, 2.45) is 0 Å². The molecule has 1 aromatic rings. The van der Waals surface area contributed by atoms with Gasteiger partial charge in [0.1, 0.15) is 16.4 Å². The van der Waals surface area contributed by atoms with Crippen molar-refractivity contribution in [1.82, 2.24) is 20.2 Å². The highest BCUT2D eigenvalue weighted by Gasteiger charge is 2.30. The normalized spacial score (nSPS) is 23.0. The van der Waals surface area contributed by atoms with Crippen LogP contribution in [-0.2, 0) is 25.9 Å². The molecule has 0 N–H and O–H groups in total. The summed E-state index contributed by atoms with van der Waals surface area (Å²) in [5.41, 5.74) is 0. The Labute approximate surface area is 127 Å². The Balaban J connectivity index is 2.02. The molecule has 0 aromatic carbocycles. The maximum atomic E-state index is 11.7. The molecule has 0 aliphatic heterocycles. The van der Waals surface area contributed by atoms with Gasteiger partial charge in [0.25, 0.3) is 0 Å². The van der Waals surface area contributed by atoms with E-state index in [1.165, 1.54) is 29.8 Å². The first-order chi connectivity index (χ1) is 9.90. The number of aromatic nitrogens is 4. The third-order valence-electron chi connectivity index (χ3n) is 3.46. The number of methoxy groups -OCH3 is 1. The first-order valence-electron chi connectivity index (χ1n) is 6.58. The standard InChI is InChI=1S/C11H18N4O4S2/c1-19-10(16)7-15-11(12-13-14-15)20-8-4-3-5-9(6-8)21(2,17)18/h8-9H,3-7H2,1-2H3. The van der Waals surface area contributed by atoms with E-state index in [2.05, 4.69) is 20.3 Å². The van der Waals surface area contributed by atoms with Gasteiger partial charge < -0.3 is 4.74 Å². The quantitative estimate of drug-likeness (QED) is 0.708. The fourth-order valence-corrected chi connectivity index (χ4v) is 4.83. The highest BCUT2D eigenvalue weighted by atomic mass is 32.2. The van der Waals surface area contributed by atoms with Crippen LogP contribution in [-0.4, -0.2) is 58.5 Å². The van der Waals surface area contributed by atoms with Crippen molar-refractivity contribution in [1.29, 1.82) is 0 Å². The maximum absolute atomic E-state index is 11.7. The number of ether oxygens (including phenoxy) is 1. The van der Waals surface area contributed by atoms with Gasteiger partial charge in [0.15, 0.2) is 0 Å². The van der Waals surface area contributed by atoms with E-state index in [0.29, 0.717) is 18.0 Å². The molecule has 0 spiro atoms. The van der Waals surface area contributed by atoms with E-state index in [9.17, 15) is 13.2 Å². The molecule has 1 saturated carbocycles. The van der Waals surface area contributed by atoms with Crippen molar-refractivity contribution in [3.05, 3.63) is 0 Å². The zero-order valence-electron chi connectivity index (χ0n) is 11.9. The van der Waals surface area contributed by atoms with Crippen LogP contribution < -0.4 is 0 Å². The molecule has 0 radical (unpaired) electrons. The molecule has 0 amide bonds. The van der Waals surface area contributed by atoms with E-state index >= 15 is 0 Å². The predicted molar refractivity (Wildman–Crippen MR) is 76.6 cm³/mol. The van der Waals surface area contributed by atoms with Crippen LogP contribution in [0.4, 0.5) is 0 Å². The lowest BCUT2D eigenvalue weighted by Crippen LogP contribution is -2.29. The number of tetrazole rings is 1. The number of thioether (sulfide) groups is 1. The minimum atomic E-state index is -3.02. The summed E-state index contributed by atoms with van der Waals surface area (Å²) in [4.78, 5) is 11.3. The number of rotatable bonds is 5. The summed E-state index contributed by atoms with van der Waals surface area (Å²) in [6.07, 6.45) is 4.37. The Morgan fingerprint density at radius 3 is 2.90 bits per heavy atom. The molecule has 1 aromatic heterocycles. The first kappa shape index (κ1) is 16.2. The van der Waals surface area contributed by atoms with Crippen LogP contribution in [0.3, 0.4) is 0 Å². The summed E-state index contributed by atoms with van der Waals surface area (Å²) in [7, 11) is -1.71. The van der Waals surface area contributed by atoms with Gasteiger partial charge in [-0.1, -0.05) is 18.2 Å². The molecule has 2 atom stereocenters. The van der Waals surface area contributed by atoms with Crippen LogP contribution in [0.15, 0.2) is 5.16 Å². The Kier molecular flexibility index (Phi) is 5.20. The van der Waals surface area contributed by atoms with Crippen molar-refractivity contribution in [2.45, 2.75) is 47.9 Å². The zero-order chi connectivity index (χ0) is 15.5. The number of esters is 1. The second kappa shape index (κ2) is 6.73. The second-order valence-electron chi connectivity index (χ2n) is 5.05. The third-order valence-corrected chi connectivity index (χ3v) is 6.36. The molecule has 1 fully saturated rings. The predicted octanol–water partition coefficient (Wildman–Crippen LogP) is 0.294. The van der Waals surface area contributed by atoms with Gasteiger partial charge in [-0.25, -0.2) is 13.1 Å². The summed E-state index contributed by atoms with van der Waals surface area (Å²) in [6.45, 7) is -0.0476. The average molecular weight is 334 g/mol. The number of sulfone groups is 1. The smallest absolute Gasteiger partial charge is 0.327 e. The van der Waals surface area contributed by atoms with Gasteiger partial charge in [-0.05, 0) is 29.7 Å². The van der Waals surface area contributed by atoms with Crippen LogP contribution in [0.1, 0.15) is 25.7 Å². The molecule has 21 heavy (non-hydrogen) atoms. The number of hydrogen-bond acceptors (Lipinski definition) is 8. The molecular formula is C11H18N4O4S2. The Bertz CT molecular complexity index is 601. The van der Waals surface area contributed by atoms with Crippen LogP contribution in [0.25, 0.3) is 0 Å². The van der Waals surface area contributed by atoms with E-state index in [1.807, 2.05) is 0 Å². The van der Waals surface area contributed by atoms with Gasteiger partial charge in [-0.2, -0.15) is 0 Å². The highest BCUT2D eigenvalue weighted by molar-refractivity contribution is 7.99. The molecule has 1 aliphatic rings. The molecule has 10 heteroatoms. The average Bonchev–Trinajstić information content (AvgIpc) is 2.85. The second-order valence-corrected chi connectivity index (χ2v) is 8.65. The molecule has 2 unspecified atom stereocenters. The molecule has 0 saturated heterocycles. The highest BCUT2D eigenvalue weighted by Crippen LogP contribution is 2.34. The van der Waals surface area contributed by atoms with Gasteiger partial charge in [0.2, 0.25) is 5.16 Å². The van der Waals surface area contributed by atoms with Gasteiger partial charge in [0, 0.05) is 11.5 Å². The minimum absolute atomic E-state index is 0.0476. The lowest BCUT2D eigenvalue weighted by Gasteiger charge is -2.26. The number of carbonyl (C=O) groups is 1. The van der Waals surface area contributed by atoms with E-state index in [4.69, 9.17) is 0 Å². The summed E-state index contributed by atoms with van der Waals surface area (Å²) in [6, 6.07) is 0. The van der Waals surface area contributed by atoms with Crippen LogP contribution in [0, 0.1) is 0 Å². The fraction of sp³-hybridized carbons (Fsp3) is 0.818. The molecule has 2 rings (SSSR count). The van der Waals surface area contributed by atoms with Crippen molar-refractivity contribution >= 4 is 27.6 Å². The number of hydrogen-bond donors (Lipinski definition) is 0. The largest absolute Gasteiger partial charge is 0.468 e. The van der Waals surface area contributed by atoms with E-state index in [0.717, 1.165) is 12.8 Å². The summed E-state index contributed by atoms with van der Waals surface area (Å²) < 4.78 is 29.3. The zero-order valence-corrected chi connectivity index (χ0v) is 13.6. The number of nitrogens with zero attached hydrogens (tertiary/aromatic N) is 4. The van der Waals surface area contributed by atoms with Crippen molar-refractivity contribution in [2.75, 3.05) is 13.4 Å². The Morgan fingerprint density at radius 1 is 1.48 bits per heavy atom. The van der Waals surface area contributed by atoms with Crippen LogP contribution >= 0.6 is 11.8 Å². The van der Waals surface area contributed by atoms with Gasteiger partial charge >= 0.3 is 5.97 Å². The van der Waals surface area contributed by atoms with Gasteiger partial charge in [-0.3, -0.25) is 4.79 Å². The monoisotopic (exact) mass is 334 g/mol. The van der Waals surface area contributed by atoms with Crippen LogP contribution in [0.2, 0.25) is 0 Å². The SMILES string of the molecule is COC(=O)Cn1nnnc1SC1CCCC(S(C)(=O)=O)C1. The first-order valence-corrected chi connectivity index (χ1v) is 9.42. The topological polar surface area (TPSA) is 104 Å². The van der Waals surface area contributed by atoms with Gasteiger partial charge in [-0.15, -0.1) is 5.10 Å². The Hall–Kier alpha value is -1.16. The molecule has 1 heterocycles. The molecule has 118 valence electrons. The Morgan fingerprint density at radius 2 is 2.24 bits per heavy atom. The fourth-order valence-electron chi connectivity index (χ4n) is 2.31. The van der Waals surface area contributed by atoms with Crippen molar-refractivity contribution < 1.29 is 17.9 Å². The van der Waals surface area contributed by atoms with E-state index in [1.54, 1.807) is 0 Å². The summed E-state index contributed by atoms with van der Waals surface area (Å²) >= 11 is 1.42. The van der Waals surface area contributed by atoms with E-state index < -0.39 is 15.8 Å². The molecular weight excluding hydrogens is 316 g/mol. The third kappa shape index (κ3) is 4.40. The van der Waals surface area contributed by atoms with E-state index in [-0.39, 0.29) is 17.0 Å². The summed E-state index contributed by atoms with van der Waals surface area (Å²) in [5.74, 6) is -0.429. The molecule has 0 bridgehead atoms. The maximum Gasteiger partial charge on any atom is 0.327 e.